The molecule has 3 rings (SSSR count). The molecule has 7 nitrogen and oxygen atoms in total. The van der Waals surface area contributed by atoms with Gasteiger partial charge in [0.1, 0.15) is 12.4 Å². The minimum atomic E-state index is -0.518. The van der Waals surface area contributed by atoms with Gasteiger partial charge < -0.3 is 19.8 Å². The molecule has 0 spiro atoms. The normalized spacial score (nSPS) is 19.6. The molecule has 0 aromatic carbocycles. The Kier molecular flexibility index (Phi) is 4.42. The van der Waals surface area contributed by atoms with Gasteiger partial charge in [-0.3, -0.25) is 0 Å². The van der Waals surface area contributed by atoms with E-state index in [4.69, 9.17) is 19.8 Å². The van der Waals surface area contributed by atoms with Gasteiger partial charge in [-0.25, -0.2) is 15.0 Å². The fourth-order valence-corrected chi connectivity index (χ4v) is 2.45. The van der Waals surface area contributed by atoms with Crippen LogP contribution in [0.15, 0.2) is 31.0 Å². The maximum atomic E-state index is 6.06. The van der Waals surface area contributed by atoms with Crippen molar-refractivity contribution in [2.24, 2.45) is 0 Å². The minimum absolute atomic E-state index is 0.265. The Bertz CT molecular complexity index is 739. The molecule has 132 valence electrons. The summed E-state index contributed by atoms with van der Waals surface area (Å²) in [5.74, 6) is 0.785. The molecule has 25 heavy (non-hydrogen) atoms. The van der Waals surface area contributed by atoms with Gasteiger partial charge in [-0.2, -0.15) is 0 Å². The molecule has 0 amide bonds. The van der Waals surface area contributed by atoms with Gasteiger partial charge in [-0.1, -0.05) is 0 Å². The van der Waals surface area contributed by atoms with Crippen LogP contribution in [0.25, 0.3) is 0 Å². The van der Waals surface area contributed by atoms with Crippen LogP contribution in [-0.4, -0.2) is 33.3 Å². The van der Waals surface area contributed by atoms with E-state index in [1.54, 1.807) is 18.6 Å². The first-order valence-electron chi connectivity index (χ1n) is 8.22. The lowest BCUT2D eigenvalue weighted by Crippen LogP contribution is -2.41. The smallest absolute Gasteiger partial charge is 0.482 e. The van der Waals surface area contributed by atoms with Crippen LogP contribution < -0.4 is 15.9 Å². The molecule has 2 N–H and O–H groups in total. The number of pyridine rings is 1. The molecule has 1 aliphatic rings. The van der Waals surface area contributed by atoms with Crippen LogP contribution in [0.4, 0.5) is 5.82 Å². The van der Waals surface area contributed by atoms with E-state index in [2.05, 4.69) is 15.0 Å². The zero-order valence-corrected chi connectivity index (χ0v) is 15.2. The second kappa shape index (κ2) is 6.27. The Balaban J connectivity index is 1.82. The second-order valence-electron chi connectivity index (χ2n) is 7.17. The predicted molar refractivity (Wildman–Crippen MR) is 95.4 cm³/mol. The van der Waals surface area contributed by atoms with Crippen LogP contribution in [0, 0.1) is 0 Å². The summed E-state index contributed by atoms with van der Waals surface area (Å²) in [7, 11) is -0.518. The SMILES string of the molecule is C[C@@H](Oc1cc(B2OC(C)(C)C(C)(C)O2)cnc1N)c1cncnc1. The third-order valence-electron chi connectivity index (χ3n) is 4.78. The number of ether oxygens (including phenoxy) is 1. The van der Waals surface area contributed by atoms with E-state index in [0.29, 0.717) is 11.6 Å². The van der Waals surface area contributed by atoms with Crippen molar-refractivity contribution in [2.75, 3.05) is 5.73 Å². The summed E-state index contributed by atoms with van der Waals surface area (Å²) in [6.07, 6.45) is 6.28. The van der Waals surface area contributed by atoms with Crippen molar-refractivity contribution in [1.82, 2.24) is 15.0 Å². The van der Waals surface area contributed by atoms with Gasteiger partial charge in [0.05, 0.1) is 11.2 Å². The van der Waals surface area contributed by atoms with Crippen molar-refractivity contribution in [2.45, 2.75) is 51.9 Å². The largest absolute Gasteiger partial charge is 0.496 e. The van der Waals surface area contributed by atoms with Gasteiger partial charge >= 0.3 is 7.12 Å². The van der Waals surface area contributed by atoms with Crippen molar-refractivity contribution < 1.29 is 14.0 Å². The van der Waals surface area contributed by atoms with Crippen LogP contribution in [-0.2, 0) is 9.31 Å². The van der Waals surface area contributed by atoms with Crippen LogP contribution in [0.1, 0.15) is 46.3 Å². The fourth-order valence-electron chi connectivity index (χ4n) is 2.45. The Labute approximate surface area is 148 Å². The molecule has 0 bridgehead atoms. The van der Waals surface area contributed by atoms with Crippen LogP contribution in [0.5, 0.6) is 5.75 Å². The van der Waals surface area contributed by atoms with Crippen LogP contribution in [0.3, 0.4) is 0 Å². The standard InChI is InChI=1S/C17H23BN4O3/c1-11(12-7-20-10-21-8-12)23-14-6-13(9-22-15(14)19)18-24-16(2,3)17(4,5)25-18/h6-11H,1-5H3,(H2,19,22)/t11-/m1/s1. The van der Waals surface area contributed by atoms with Gasteiger partial charge in [0.2, 0.25) is 0 Å². The van der Waals surface area contributed by atoms with Crippen LogP contribution in [0.2, 0.25) is 0 Å². The number of anilines is 1. The zero-order valence-electron chi connectivity index (χ0n) is 15.2. The quantitative estimate of drug-likeness (QED) is 0.848. The van der Waals surface area contributed by atoms with Gasteiger partial charge in [-0.05, 0) is 40.7 Å². The topological polar surface area (TPSA) is 92.4 Å². The van der Waals surface area contributed by atoms with Gasteiger partial charge in [0.25, 0.3) is 0 Å². The highest BCUT2D eigenvalue weighted by Crippen LogP contribution is 2.37. The van der Waals surface area contributed by atoms with Crippen molar-refractivity contribution in [3.05, 3.63) is 36.5 Å². The second-order valence-corrected chi connectivity index (χ2v) is 7.17. The van der Waals surface area contributed by atoms with Gasteiger partial charge in [0.15, 0.2) is 11.6 Å². The first-order valence-corrected chi connectivity index (χ1v) is 8.22. The molecular formula is C17H23BN4O3. The van der Waals surface area contributed by atoms with Gasteiger partial charge in [0, 0.05) is 29.6 Å². The number of nitrogen functional groups attached to an aromatic ring is 1. The number of hydrogen-bond acceptors (Lipinski definition) is 7. The number of nitrogens with two attached hydrogens (primary N) is 1. The van der Waals surface area contributed by atoms with E-state index in [9.17, 15) is 0 Å². The molecule has 2 aromatic heterocycles. The first-order chi connectivity index (χ1) is 11.7. The summed E-state index contributed by atoms with van der Waals surface area (Å²) in [5.41, 5.74) is 6.74. The van der Waals surface area contributed by atoms with E-state index < -0.39 is 18.3 Å². The maximum absolute atomic E-state index is 6.06. The molecular weight excluding hydrogens is 319 g/mol. The molecule has 0 aliphatic carbocycles. The zero-order chi connectivity index (χ0) is 18.2. The molecule has 1 aliphatic heterocycles. The lowest BCUT2D eigenvalue weighted by molar-refractivity contribution is 0.00578. The molecule has 0 unspecified atom stereocenters. The molecule has 0 radical (unpaired) electrons. The van der Waals surface area contributed by atoms with Gasteiger partial charge in [-0.15, -0.1) is 0 Å². The van der Waals surface area contributed by atoms with Crippen molar-refractivity contribution in [3.8, 4) is 5.75 Å². The third-order valence-corrected chi connectivity index (χ3v) is 4.78. The van der Waals surface area contributed by atoms with E-state index in [1.807, 2.05) is 40.7 Å². The minimum Gasteiger partial charge on any atom is -0.482 e. The van der Waals surface area contributed by atoms with E-state index in [-0.39, 0.29) is 6.10 Å². The molecule has 2 aromatic rings. The molecule has 8 heteroatoms. The van der Waals surface area contributed by atoms with E-state index >= 15 is 0 Å². The Hall–Kier alpha value is -2.19. The third kappa shape index (κ3) is 3.45. The molecule has 1 fully saturated rings. The number of aromatic nitrogens is 3. The maximum Gasteiger partial charge on any atom is 0.496 e. The monoisotopic (exact) mass is 342 g/mol. The number of rotatable bonds is 4. The highest BCUT2D eigenvalue weighted by atomic mass is 16.7. The average Bonchev–Trinajstić information content (AvgIpc) is 2.78. The van der Waals surface area contributed by atoms with Crippen molar-refractivity contribution in [3.63, 3.8) is 0 Å². The van der Waals surface area contributed by atoms with Crippen molar-refractivity contribution in [1.29, 1.82) is 0 Å². The Morgan fingerprint density at radius 3 is 2.28 bits per heavy atom. The highest BCUT2D eigenvalue weighted by molar-refractivity contribution is 6.62. The molecule has 1 saturated heterocycles. The van der Waals surface area contributed by atoms with E-state index in [0.717, 1.165) is 11.0 Å². The molecule has 3 heterocycles. The predicted octanol–water partition coefficient (Wildman–Crippen LogP) is 1.89. The highest BCUT2D eigenvalue weighted by Gasteiger charge is 2.52. The lowest BCUT2D eigenvalue weighted by Gasteiger charge is -2.32. The summed E-state index contributed by atoms with van der Waals surface area (Å²) < 4.78 is 18.1. The molecule has 0 saturated carbocycles. The summed E-state index contributed by atoms with van der Waals surface area (Å²) in [6.45, 7) is 9.93. The fraction of sp³-hybridized carbons (Fsp3) is 0.471. The molecule has 1 atom stereocenters. The average molecular weight is 342 g/mol. The number of nitrogens with zero attached hydrogens (tertiary/aromatic N) is 3. The summed E-state index contributed by atoms with van der Waals surface area (Å²) in [4.78, 5) is 12.2. The Morgan fingerprint density at radius 2 is 1.68 bits per heavy atom. The van der Waals surface area contributed by atoms with Crippen molar-refractivity contribution >= 4 is 18.4 Å². The summed E-state index contributed by atoms with van der Waals surface area (Å²) in [6, 6.07) is 1.81. The van der Waals surface area contributed by atoms with Crippen LogP contribution >= 0.6 is 0 Å². The summed E-state index contributed by atoms with van der Waals surface area (Å²) in [5, 5.41) is 0. The lowest BCUT2D eigenvalue weighted by atomic mass is 9.80. The Morgan fingerprint density at radius 1 is 1.08 bits per heavy atom. The summed E-state index contributed by atoms with van der Waals surface area (Å²) >= 11 is 0. The van der Waals surface area contributed by atoms with E-state index in [1.165, 1.54) is 6.33 Å². The first kappa shape index (κ1) is 17.6. The number of hydrogen-bond donors (Lipinski definition) is 1.